The first-order chi connectivity index (χ1) is 15.0. The molecule has 31 heavy (non-hydrogen) atoms. The van der Waals surface area contributed by atoms with Gasteiger partial charge < -0.3 is 15.0 Å². The number of hydrogen-bond donors (Lipinski definition) is 1. The molecular weight excluding hydrogens is 394 g/mol. The van der Waals surface area contributed by atoms with Crippen molar-refractivity contribution in [3.05, 3.63) is 59.7 Å². The highest BCUT2D eigenvalue weighted by Crippen LogP contribution is 2.44. The monoisotopic (exact) mass is 421 g/mol. The molecule has 2 aromatic carbocycles. The van der Waals surface area contributed by atoms with E-state index in [0.717, 1.165) is 24.2 Å². The van der Waals surface area contributed by atoms with Crippen LogP contribution in [-0.2, 0) is 16.1 Å². The summed E-state index contributed by atoms with van der Waals surface area (Å²) in [6.07, 6.45) is 2.14. The fraction of sp³-hybridized carbons (Fsp3) is 0.375. The molecular formula is C24H27N3O4. The largest absolute Gasteiger partial charge is 0.497 e. The molecule has 0 radical (unpaired) electrons. The van der Waals surface area contributed by atoms with Gasteiger partial charge in [0.2, 0.25) is 11.6 Å². The smallest absolute Gasteiger partial charge is 0.267 e. The minimum Gasteiger partial charge on any atom is -0.497 e. The number of rotatable bonds is 7. The SMILES string of the molecule is CCCCN1C(=O)c2ccccc2N2C(=O)CC[C@@]12C(=O)NCc1ccc(OC)cc1. The molecule has 7 heteroatoms. The first-order valence-corrected chi connectivity index (χ1v) is 10.7. The number of carbonyl (C=O) groups excluding carboxylic acids is 3. The van der Waals surface area contributed by atoms with E-state index in [-0.39, 0.29) is 30.6 Å². The lowest BCUT2D eigenvalue weighted by Gasteiger charge is -2.49. The van der Waals surface area contributed by atoms with Crippen molar-refractivity contribution < 1.29 is 19.1 Å². The Morgan fingerprint density at radius 3 is 2.58 bits per heavy atom. The maximum Gasteiger partial charge on any atom is 0.267 e. The number of hydrogen-bond acceptors (Lipinski definition) is 4. The molecule has 2 heterocycles. The predicted octanol–water partition coefficient (Wildman–Crippen LogP) is 3.09. The molecule has 2 aromatic rings. The molecule has 0 unspecified atom stereocenters. The molecule has 7 nitrogen and oxygen atoms in total. The summed E-state index contributed by atoms with van der Waals surface area (Å²) in [4.78, 5) is 43.2. The summed E-state index contributed by atoms with van der Waals surface area (Å²) >= 11 is 0. The number of amides is 3. The Labute approximate surface area is 182 Å². The highest BCUT2D eigenvalue weighted by molar-refractivity contribution is 6.16. The predicted molar refractivity (Wildman–Crippen MR) is 117 cm³/mol. The van der Waals surface area contributed by atoms with Crippen molar-refractivity contribution in [3.63, 3.8) is 0 Å². The van der Waals surface area contributed by atoms with Gasteiger partial charge in [0.1, 0.15) is 5.75 Å². The van der Waals surface area contributed by atoms with Gasteiger partial charge in [-0.1, -0.05) is 37.6 Å². The lowest BCUT2D eigenvalue weighted by Crippen LogP contribution is -2.70. The van der Waals surface area contributed by atoms with Gasteiger partial charge in [-0.05, 0) is 36.2 Å². The minimum atomic E-state index is -1.33. The second kappa shape index (κ2) is 8.41. The summed E-state index contributed by atoms with van der Waals surface area (Å²) in [5.41, 5.74) is 0.559. The van der Waals surface area contributed by atoms with E-state index >= 15 is 0 Å². The van der Waals surface area contributed by atoms with Gasteiger partial charge >= 0.3 is 0 Å². The average molecular weight is 421 g/mol. The average Bonchev–Trinajstić information content (AvgIpc) is 3.16. The van der Waals surface area contributed by atoms with Gasteiger partial charge in [0, 0.05) is 25.9 Å². The summed E-state index contributed by atoms with van der Waals surface area (Å²) in [7, 11) is 1.60. The Balaban J connectivity index is 1.69. The van der Waals surface area contributed by atoms with Gasteiger partial charge in [-0.15, -0.1) is 0 Å². The molecule has 2 aliphatic heterocycles. The van der Waals surface area contributed by atoms with Crippen molar-refractivity contribution in [3.8, 4) is 5.75 Å². The Morgan fingerprint density at radius 1 is 1.13 bits per heavy atom. The first-order valence-electron chi connectivity index (χ1n) is 10.7. The Bertz CT molecular complexity index is 1000. The molecule has 1 fully saturated rings. The van der Waals surface area contributed by atoms with Crippen LogP contribution in [0.2, 0.25) is 0 Å². The number of nitrogens with one attached hydrogen (secondary N) is 1. The maximum atomic E-state index is 13.6. The summed E-state index contributed by atoms with van der Waals surface area (Å²) in [5.74, 6) is 0.0743. The van der Waals surface area contributed by atoms with Gasteiger partial charge in [-0.25, -0.2) is 0 Å². The van der Waals surface area contributed by atoms with Gasteiger partial charge in [-0.3, -0.25) is 19.3 Å². The lowest BCUT2D eigenvalue weighted by atomic mass is 9.95. The van der Waals surface area contributed by atoms with Crippen LogP contribution in [0.5, 0.6) is 5.75 Å². The van der Waals surface area contributed by atoms with Crippen molar-refractivity contribution in [1.29, 1.82) is 0 Å². The third-order valence-electron chi connectivity index (χ3n) is 6.08. The van der Waals surface area contributed by atoms with Crippen LogP contribution >= 0.6 is 0 Å². The van der Waals surface area contributed by atoms with Crippen LogP contribution in [0.15, 0.2) is 48.5 Å². The van der Waals surface area contributed by atoms with Crippen LogP contribution in [-0.4, -0.2) is 41.9 Å². The molecule has 4 rings (SSSR count). The minimum absolute atomic E-state index is 0.138. The molecule has 2 aliphatic rings. The topological polar surface area (TPSA) is 79.0 Å². The Hall–Kier alpha value is -3.35. The second-order valence-electron chi connectivity index (χ2n) is 7.90. The van der Waals surface area contributed by atoms with E-state index in [0.29, 0.717) is 24.3 Å². The van der Waals surface area contributed by atoms with E-state index in [1.54, 1.807) is 41.2 Å². The zero-order valence-electron chi connectivity index (χ0n) is 17.9. The molecule has 0 bridgehead atoms. The molecule has 1 atom stereocenters. The Kier molecular flexibility index (Phi) is 5.67. The standard InChI is InChI=1S/C24H27N3O4/c1-3-4-15-26-22(29)19-7-5-6-8-20(19)27-21(28)13-14-24(26,27)23(30)25-16-17-9-11-18(31-2)12-10-17/h5-12H,3-4,13-16H2,1-2H3,(H,25,30)/t24-/m1/s1. The van der Waals surface area contributed by atoms with Crippen molar-refractivity contribution in [2.75, 3.05) is 18.6 Å². The quantitative estimate of drug-likeness (QED) is 0.745. The van der Waals surface area contributed by atoms with Gasteiger partial charge in [0.15, 0.2) is 0 Å². The van der Waals surface area contributed by atoms with Crippen LogP contribution < -0.4 is 15.0 Å². The fourth-order valence-electron chi connectivity index (χ4n) is 4.47. The highest BCUT2D eigenvalue weighted by atomic mass is 16.5. The third kappa shape index (κ3) is 3.44. The number of para-hydroxylation sites is 1. The molecule has 1 saturated heterocycles. The van der Waals surface area contributed by atoms with Crippen molar-refractivity contribution >= 4 is 23.4 Å². The van der Waals surface area contributed by atoms with E-state index in [1.807, 2.05) is 31.2 Å². The number of carbonyl (C=O) groups is 3. The normalized spacial score (nSPS) is 19.8. The number of fused-ring (bicyclic) bond motifs is 3. The van der Waals surface area contributed by atoms with Gasteiger partial charge in [0.25, 0.3) is 11.8 Å². The lowest BCUT2D eigenvalue weighted by molar-refractivity contribution is -0.133. The second-order valence-corrected chi connectivity index (χ2v) is 7.90. The van der Waals surface area contributed by atoms with Crippen molar-refractivity contribution in [2.45, 2.75) is 44.8 Å². The van der Waals surface area contributed by atoms with Crippen LogP contribution in [0.25, 0.3) is 0 Å². The molecule has 0 aromatic heterocycles. The summed E-state index contributed by atoms with van der Waals surface area (Å²) in [6, 6.07) is 14.5. The third-order valence-corrected chi connectivity index (χ3v) is 6.08. The van der Waals surface area contributed by atoms with Gasteiger partial charge in [0.05, 0.1) is 18.4 Å². The zero-order chi connectivity index (χ0) is 22.0. The van der Waals surface area contributed by atoms with Crippen molar-refractivity contribution in [2.24, 2.45) is 0 Å². The van der Waals surface area contributed by atoms with Crippen molar-refractivity contribution in [1.82, 2.24) is 10.2 Å². The number of methoxy groups -OCH3 is 1. The number of benzene rings is 2. The van der Waals surface area contributed by atoms with Crippen LogP contribution in [0.3, 0.4) is 0 Å². The molecule has 0 saturated carbocycles. The fourth-order valence-corrected chi connectivity index (χ4v) is 4.47. The van der Waals surface area contributed by atoms with Crippen LogP contribution in [0.4, 0.5) is 5.69 Å². The van der Waals surface area contributed by atoms with Crippen LogP contribution in [0, 0.1) is 0 Å². The van der Waals surface area contributed by atoms with E-state index in [2.05, 4.69) is 5.32 Å². The number of unbranched alkanes of at least 4 members (excludes halogenated alkanes) is 1. The van der Waals surface area contributed by atoms with Crippen LogP contribution in [0.1, 0.15) is 48.5 Å². The molecule has 3 amide bonds. The van der Waals surface area contributed by atoms with Gasteiger partial charge in [-0.2, -0.15) is 0 Å². The zero-order valence-corrected chi connectivity index (χ0v) is 17.9. The molecule has 162 valence electrons. The summed E-state index contributed by atoms with van der Waals surface area (Å²) in [6.45, 7) is 2.75. The number of anilines is 1. The maximum absolute atomic E-state index is 13.6. The number of nitrogens with zero attached hydrogens (tertiary/aromatic N) is 2. The van der Waals surface area contributed by atoms with E-state index in [1.165, 1.54) is 0 Å². The molecule has 0 spiro atoms. The van der Waals surface area contributed by atoms with E-state index in [9.17, 15) is 14.4 Å². The summed E-state index contributed by atoms with van der Waals surface area (Å²) < 4.78 is 5.18. The first kappa shape index (κ1) is 20.9. The summed E-state index contributed by atoms with van der Waals surface area (Å²) in [5, 5.41) is 2.98. The molecule has 1 N–H and O–H groups in total. The highest BCUT2D eigenvalue weighted by Gasteiger charge is 2.60. The number of ether oxygens (including phenoxy) is 1. The van der Waals surface area contributed by atoms with E-state index < -0.39 is 5.66 Å². The molecule has 0 aliphatic carbocycles. The Morgan fingerprint density at radius 2 is 1.87 bits per heavy atom. The van der Waals surface area contributed by atoms with E-state index in [4.69, 9.17) is 4.74 Å².